The van der Waals surface area contributed by atoms with Crippen molar-refractivity contribution in [3.05, 3.63) is 53.6 Å². The average molecular weight is 414 g/mol. The average Bonchev–Trinajstić information content (AvgIpc) is 3.37. The number of rotatable bonds is 5. The van der Waals surface area contributed by atoms with Crippen molar-refractivity contribution in [1.29, 1.82) is 0 Å². The Balaban J connectivity index is 1.58. The molecule has 0 spiro atoms. The molecule has 7 heteroatoms. The van der Waals surface area contributed by atoms with E-state index in [2.05, 4.69) is 11.0 Å². The second-order valence-corrected chi connectivity index (χ2v) is 9.84. The Morgan fingerprint density at radius 1 is 1.03 bits per heavy atom. The second kappa shape index (κ2) is 7.80. The molecule has 1 saturated heterocycles. The largest absolute Gasteiger partial charge is 0.371 e. The molecular weight excluding hydrogens is 386 g/mol. The van der Waals surface area contributed by atoms with Crippen LogP contribution in [0, 0.1) is 0 Å². The van der Waals surface area contributed by atoms with E-state index in [1.807, 2.05) is 18.2 Å². The van der Waals surface area contributed by atoms with Crippen molar-refractivity contribution < 1.29 is 13.2 Å². The number of benzene rings is 2. The zero-order chi connectivity index (χ0) is 20.6. The van der Waals surface area contributed by atoms with Gasteiger partial charge in [0, 0.05) is 51.5 Å². The minimum absolute atomic E-state index is 0.0185. The number of sulfonamides is 1. The summed E-state index contributed by atoms with van der Waals surface area (Å²) in [6.07, 6.45) is 3.03. The van der Waals surface area contributed by atoms with Crippen LogP contribution in [0.4, 0.5) is 11.4 Å². The van der Waals surface area contributed by atoms with Crippen LogP contribution in [0.15, 0.2) is 47.4 Å². The van der Waals surface area contributed by atoms with E-state index in [1.165, 1.54) is 24.1 Å². The van der Waals surface area contributed by atoms with Crippen molar-refractivity contribution in [2.75, 3.05) is 36.5 Å². The summed E-state index contributed by atoms with van der Waals surface area (Å²) in [6, 6.07) is 13.1. The maximum atomic E-state index is 13.2. The van der Waals surface area contributed by atoms with E-state index in [1.54, 1.807) is 30.1 Å². The monoisotopic (exact) mass is 413 g/mol. The SMILES string of the molecule is CC(=O)N1CCc2cc(S(=O)(=O)N(C)Cc3ccccc3N3CCCC3)ccc21. The van der Waals surface area contributed by atoms with Gasteiger partial charge in [-0.3, -0.25) is 4.79 Å². The normalized spacial score (nSPS) is 16.5. The molecule has 2 aromatic carbocycles. The number of hydrogen-bond donors (Lipinski definition) is 0. The highest BCUT2D eigenvalue weighted by Gasteiger charge is 2.27. The predicted octanol–water partition coefficient (Wildman–Crippen LogP) is 3.02. The molecule has 0 unspecified atom stereocenters. The lowest BCUT2D eigenvalue weighted by Gasteiger charge is -2.24. The lowest BCUT2D eigenvalue weighted by molar-refractivity contribution is -0.116. The summed E-state index contributed by atoms with van der Waals surface area (Å²) < 4.78 is 27.9. The molecule has 0 bridgehead atoms. The topological polar surface area (TPSA) is 60.9 Å². The van der Waals surface area contributed by atoms with Gasteiger partial charge in [0.05, 0.1) is 4.90 Å². The smallest absolute Gasteiger partial charge is 0.243 e. The van der Waals surface area contributed by atoms with Gasteiger partial charge in [-0.25, -0.2) is 8.42 Å². The summed E-state index contributed by atoms with van der Waals surface area (Å²) in [5.41, 5.74) is 3.87. The molecule has 2 aliphatic rings. The van der Waals surface area contributed by atoms with Gasteiger partial charge < -0.3 is 9.80 Å². The Morgan fingerprint density at radius 3 is 2.48 bits per heavy atom. The lowest BCUT2D eigenvalue weighted by Crippen LogP contribution is -2.28. The molecule has 0 atom stereocenters. The quantitative estimate of drug-likeness (QED) is 0.756. The Bertz CT molecular complexity index is 1030. The third-order valence-corrected chi connectivity index (χ3v) is 7.67. The van der Waals surface area contributed by atoms with Crippen LogP contribution in [0.5, 0.6) is 0 Å². The maximum Gasteiger partial charge on any atom is 0.243 e. The second-order valence-electron chi connectivity index (χ2n) is 7.80. The first-order chi connectivity index (χ1) is 13.9. The highest BCUT2D eigenvalue weighted by atomic mass is 32.2. The summed E-state index contributed by atoms with van der Waals surface area (Å²) in [7, 11) is -2.00. The third-order valence-electron chi connectivity index (χ3n) is 5.87. The number of hydrogen-bond acceptors (Lipinski definition) is 4. The molecule has 2 aromatic rings. The first-order valence-electron chi connectivity index (χ1n) is 10.1. The number of anilines is 2. The summed E-state index contributed by atoms with van der Waals surface area (Å²) in [6.45, 7) is 4.50. The predicted molar refractivity (Wildman–Crippen MR) is 115 cm³/mol. The van der Waals surface area contributed by atoms with Crippen LogP contribution in [-0.2, 0) is 27.8 Å². The Labute approximate surface area is 172 Å². The number of fused-ring (bicyclic) bond motifs is 1. The Hall–Kier alpha value is -2.38. The molecule has 154 valence electrons. The molecule has 0 aromatic heterocycles. The molecule has 4 rings (SSSR count). The number of para-hydroxylation sites is 1. The van der Waals surface area contributed by atoms with Crippen molar-refractivity contribution in [2.24, 2.45) is 0 Å². The summed E-state index contributed by atoms with van der Waals surface area (Å²) >= 11 is 0. The number of amides is 1. The van der Waals surface area contributed by atoms with Gasteiger partial charge in [0.1, 0.15) is 0 Å². The van der Waals surface area contributed by atoms with E-state index < -0.39 is 10.0 Å². The zero-order valence-electron chi connectivity index (χ0n) is 17.0. The van der Waals surface area contributed by atoms with Crippen LogP contribution < -0.4 is 9.80 Å². The van der Waals surface area contributed by atoms with Gasteiger partial charge in [0.2, 0.25) is 15.9 Å². The fourth-order valence-electron chi connectivity index (χ4n) is 4.28. The summed E-state index contributed by atoms with van der Waals surface area (Å²) in [5.74, 6) is -0.0185. The minimum atomic E-state index is -3.63. The fraction of sp³-hybridized carbons (Fsp3) is 0.409. The van der Waals surface area contributed by atoms with Gasteiger partial charge in [0.25, 0.3) is 0 Å². The molecule has 0 aliphatic carbocycles. The first kappa shape index (κ1) is 19.9. The van der Waals surface area contributed by atoms with Crippen LogP contribution in [0.1, 0.15) is 30.9 Å². The molecule has 29 heavy (non-hydrogen) atoms. The van der Waals surface area contributed by atoms with E-state index in [-0.39, 0.29) is 10.8 Å². The van der Waals surface area contributed by atoms with Gasteiger partial charge >= 0.3 is 0 Å². The van der Waals surface area contributed by atoms with Gasteiger partial charge in [0.15, 0.2) is 0 Å². The highest BCUT2D eigenvalue weighted by molar-refractivity contribution is 7.89. The van der Waals surface area contributed by atoms with Crippen molar-refractivity contribution in [1.82, 2.24) is 4.31 Å². The Morgan fingerprint density at radius 2 is 1.76 bits per heavy atom. The molecule has 0 radical (unpaired) electrons. The van der Waals surface area contributed by atoms with E-state index in [0.29, 0.717) is 19.5 Å². The van der Waals surface area contributed by atoms with Crippen LogP contribution in [0.2, 0.25) is 0 Å². The molecular formula is C22H27N3O3S. The van der Waals surface area contributed by atoms with E-state index >= 15 is 0 Å². The number of carbonyl (C=O) groups is 1. The van der Waals surface area contributed by atoms with Gasteiger partial charge in [-0.05, 0) is 54.7 Å². The van der Waals surface area contributed by atoms with Crippen LogP contribution in [-0.4, -0.2) is 45.3 Å². The first-order valence-corrected chi connectivity index (χ1v) is 11.5. The van der Waals surface area contributed by atoms with Gasteiger partial charge in [-0.15, -0.1) is 0 Å². The number of carbonyl (C=O) groups excluding carboxylic acids is 1. The highest BCUT2D eigenvalue weighted by Crippen LogP contribution is 2.32. The molecule has 1 fully saturated rings. The summed E-state index contributed by atoms with van der Waals surface area (Å²) in [4.78, 5) is 16.0. The van der Waals surface area contributed by atoms with Crippen molar-refractivity contribution in [3.63, 3.8) is 0 Å². The molecule has 2 heterocycles. The lowest BCUT2D eigenvalue weighted by atomic mass is 10.1. The minimum Gasteiger partial charge on any atom is -0.371 e. The van der Waals surface area contributed by atoms with Crippen LogP contribution in [0.3, 0.4) is 0 Å². The van der Waals surface area contributed by atoms with E-state index in [4.69, 9.17) is 0 Å². The van der Waals surface area contributed by atoms with E-state index in [0.717, 1.165) is 35.6 Å². The van der Waals surface area contributed by atoms with Gasteiger partial charge in [-0.1, -0.05) is 18.2 Å². The zero-order valence-corrected chi connectivity index (χ0v) is 17.8. The van der Waals surface area contributed by atoms with E-state index in [9.17, 15) is 13.2 Å². The standard InChI is InChI=1S/C22H27N3O3S/c1-17(26)25-14-11-18-15-20(9-10-22(18)25)29(27,28)23(2)16-19-7-3-4-8-21(19)24-12-5-6-13-24/h3-4,7-10,15H,5-6,11-14,16H2,1-2H3. The maximum absolute atomic E-state index is 13.2. The van der Waals surface area contributed by atoms with Crippen molar-refractivity contribution >= 4 is 27.3 Å². The molecule has 0 N–H and O–H groups in total. The third kappa shape index (κ3) is 3.76. The fourth-order valence-corrected chi connectivity index (χ4v) is 5.48. The van der Waals surface area contributed by atoms with Gasteiger partial charge in [-0.2, -0.15) is 4.31 Å². The van der Waals surface area contributed by atoms with Crippen LogP contribution >= 0.6 is 0 Å². The van der Waals surface area contributed by atoms with Crippen molar-refractivity contribution in [3.8, 4) is 0 Å². The summed E-state index contributed by atoms with van der Waals surface area (Å²) in [5, 5.41) is 0. The molecule has 6 nitrogen and oxygen atoms in total. The van der Waals surface area contributed by atoms with Crippen LogP contribution in [0.25, 0.3) is 0 Å². The molecule has 1 amide bonds. The Kier molecular flexibility index (Phi) is 5.36. The van der Waals surface area contributed by atoms with Crippen molar-refractivity contribution in [2.45, 2.75) is 37.6 Å². The number of nitrogens with zero attached hydrogens (tertiary/aromatic N) is 3. The molecule has 2 aliphatic heterocycles. The molecule has 0 saturated carbocycles.